The molecule has 0 aliphatic carbocycles. The third-order valence-corrected chi connectivity index (χ3v) is 2.38. The fourth-order valence-electron chi connectivity index (χ4n) is 1.36. The average Bonchev–Trinajstić information content (AvgIpc) is 2.06. The lowest BCUT2D eigenvalue weighted by atomic mass is 10.1. The summed E-state index contributed by atoms with van der Waals surface area (Å²) in [4.78, 5) is 10.2. The van der Waals surface area contributed by atoms with Crippen molar-refractivity contribution in [3.8, 4) is 0 Å². The molecule has 0 aromatic rings. The summed E-state index contributed by atoms with van der Waals surface area (Å²) in [5.74, 6) is -0.693. The number of carboxylic acids is 1. The van der Waals surface area contributed by atoms with Crippen molar-refractivity contribution in [2.24, 2.45) is 0 Å². The fourth-order valence-corrected chi connectivity index (χ4v) is 1.36. The number of hydrogen-bond donors (Lipinski definition) is 2. The molecule has 4 heteroatoms. The Hall–Kier alpha value is -0.610. The van der Waals surface area contributed by atoms with E-state index in [1.54, 1.807) is 0 Å². The molecule has 1 heterocycles. The predicted octanol–water partition coefficient (Wildman–Crippen LogP) is 1.01. The second-order valence-corrected chi connectivity index (χ2v) is 3.71. The van der Waals surface area contributed by atoms with Gasteiger partial charge in [-0.3, -0.25) is 4.79 Å². The highest BCUT2D eigenvalue weighted by Crippen LogP contribution is 2.05. The average molecular weight is 201 g/mol. The Morgan fingerprint density at radius 2 is 2.00 bits per heavy atom. The topological polar surface area (TPSA) is 58.6 Å². The number of rotatable bonds is 8. The second kappa shape index (κ2) is 6.79. The molecule has 1 aliphatic rings. The van der Waals surface area contributed by atoms with E-state index in [9.17, 15) is 4.79 Å². The van der Waals surface area contributed by atoms with Crippen molar-refractivity contribution >= 4 is 5.97 Å². The van der Waals surface area contributed by atoms with Gasteiger partial charge in [0.05, 0.1) is 6.10 Å². The van der Waals surface area contributed by atoms with E-state index in [-0.39, 0.29) is 0 Å². The van der Waals surface area contributed by atoms with Crippen LogP contribution in [0, 0.1) is 0 Å². The Labute approximate surface area is 84.6 Å². The quantitative estimate of drug-likeness (QED) is 0.575. The molecule has 0 saturated carbocycles. The van der Waals surface area contributed by atoms with Crippen LogP contribution >= 0.6 is 0 Å². The molecular formula is C10H19NO3. The maximum atomic E-state index is 10.2. The van der Waals surface area contributed by atoms with Gasteiger partial charge in [0.25, 0.3) is 0 Å². The molecule has 82 valence electrons. The van der Waals surface area contributed by atoms with Crippen molar-refractivity contribution in [2.45, 2.75) is 38.2 Å². The summed E-state index contributed by atoms with van der Waals surface area (Å²) in [5, 5.41) is 11.5. The van der Waals surface area contributed by atoms with E-state index in [4.69, 9.17) is 9.84 Å². The van der Waals surface area contributed by atoms with Gasteiger partial charge in [0.15, 0.2) is 0 Å². The van der Waals surface area contributed by atoms with Gasteiger partial charge in [-0.15, -0.1) is 0 Å². The van der Waals surface area contributed by atoms with Crippen LogP contribution in [0.3, 0.4) is 0 Å². The van der Waals surface area contributed by atoms with Crippen molar-refractivity contribution in [1.82, 2.24) is 5.32 Å². The first kappa shape index (κ1) is 11.5. The summed E-state index contributed by atoms with van der Waals surface area (Å²) in [6.07, 6.45) is 4.64. The van der Waals surface area contributed by atoms with Gasteiger partial charge in [-0.1, -0.05) is 12.8 Å². The number of ether oxygens (including phenoxy) is 1. The maximum Gasteiger partial charge on any atom is 0.303 e. The molecule has 0 radical (unpaired) electrons. The van der Waals surface area contributed by atoms with Crippen LogP contribution in [-0.2, 0) is 9.53 Å². The highest BCUT2D eigenvalue weighted by molar-refractivity contribution is 5.66. The Bertz CT molecular complexity index is 169. The molecule has 2 N–H and O–H groups in total. The Kier molecular flexibility index (Phi) is 5.56. The third-order valence-electron chi connectivity index (χ3n) is 2.38. The minimum atomic E-state index is -0.693. The zero-order valence-corrected chi connectivity index (χ0v) is 8.50. The number of unbranched alkanes of at least 4 members (excludes halogenated alkanes) is 3. The lowest BCUT2D eigenvalue weighted by molar-refractivity contribution is -0.137. The van der Waals surface area contributed by atoms with E-state index < -0.39 is 5.97 Å². The molecule has 0 aromatic heterocycles. The minimum Gasteiger partial charge on any atom is -0.481 e. The summed E-state index contributed by atoms with van der Waals surface area (Å²) in [6.45, 7) is 2.79. The molecule has 14 heavy (non-hydrogen) atoms. The van der Waals surface area contributed by atoms with Crippen molar-refractivity contribution in [1.29, 1.82) is 0 Å². The molecule has 0 atom stereocenters. The third kappa shape index (κ3) is 5.19. The number of hydrogen-bond acceptors (Lipinski definition) is 3. The van der Waals surface area contributed by atoms with E-state index in [1.165, 1.54) is 0 Å². The summed E-state index contributed by atoms with van der Waals surface area (Å²) in [6, 6.07) is 0. The maximum absolute atomic E-state index is 10.2. The van der Waals surface area contributed by atoms with Gasteiger partial charge in [-0.05, 0) is 12.8 Å². The normalized spacial score (nSPS) is 16.6. The van der Waals surface area contributed by atoms with Gasteiger partial charge in [0, 0.05) is 26.1 Å². The highest BCUT2D eigenvalue weighted by atomic mass is 16.5. The van der Waals surface area contributed by atoms with Gasteiger partial charge in [0.1, 0.15) is 0 Å². The molecule has 0 unspecified atom stereocenters. The Balaban J connectivity index is 1.73. The lowest BCUT2D eigenvalue weighted by Crippen LogP contribution is -2.48. The molecule has 0 aromatic carbocycles. The molecule has 0 amide bonds. The molecule has 1 aliphatic heterocycles. The summed E-state index contributed by atoms with van der Waals surface area (Å²) < 4.78 is 5.53. The first-order valence-electron chi connectivity index (χ1n) is 5.33. The number of aliphatic carboxylic acids is 1. The molecule has 1 fully saturated rings. The van der Waals surface area contributed by atoms with Crippen LogP contribution < -0.4 is 5.32 Å². The molecule has 0 spiro atoms. The summed E-state index contributed by atoms with van der Waals surface area (Å²) in [5.41, 5.74) is 0. The van der Waals surface area contributed by atoms with Crippen LogP contribution in [0.5, 0.6) is 0 Å². The molecule has 1 rings (SSSR count). The first-order valence-corrected chi connectivity index (χ1v) is 5.33. The van der Waals surface area contributed by atoms with Crippen LogP contribution in [0.25, 0.3) is 0 Å². The smallest absolute Gasteiger partial charge is 0.303 e. The van der Waals surface area contributed by atoms with Gasteiger partial charge in [-0.25, -0.2) is 0 Å². The van der Waals surface area contributed by atoms with E-state index in [2.05, 4.69) is 5.32 Å². The predicted molar refractivity (Wildman–Crippen MR) is 53.3 cm³/mol. The Morgan fingerprint density at radius 3 is 2.57 bits per heavy atom. The summed E-state index contributed by atoms with van der Waals surface area (Å²) in [7, 11) is 0. The van der Waals surface area contributed by atoms with E-state index in [0.717, 1.165) is 45.4 Å². The standard InChI is InChI=1S/C10H19NO3/c12-10(13)5-3-1-2-4-6-14-9-7-11-8-9/h9,11H,1-8H2,(H,12,13). The fraction of sp³-hybridized carbons (Fsp3) is 0.900. The van der Waals surface area contributed by atoms with E-state index >= 15 is 0 Å². The monoisotopic (exact) mass is 201 g/mol. The minimum absolute atomic E-state index is 0.299. The van der Waals surface area contributed by atoms with Crippen molar-refractivity contribution in [3.63, 3.8) is 0 Å². The van der Waals surface area contributed by atoms with Crippen LogP contribution in [0.4, 0.5) is 0 Å². The number of carboxylic acid groups (broad SMARTS) is 1. The number of carbonyl (C=O) groups is 1. The first-order chi connectivity index (χ1) is 6.79. The number of nitrogens with one attached hydrogen (secondary N) is 1. The van der Waals surface area contributed by atoms with Gasteiger partial charge in [-0.2, -0.15) is 0 Å². The summed E-state index contributed by atoms with van der Waals surface area (Å²) >= 11 is 0. The highest BCUT2D eigenvalue weighted by Gasteiger charge is 2.15. The Morgan fingerprint density at radius 1 is 1.29 bits per heavy atom. The van der Waals surface area contributed by atoms with Crippen LogP contribution in [0.15, 0.2) is 0 Å². The largest absolute Gasteiger partial charge is 0.481 e. The van der Waals surface area contributed by atoms with E-state index in [1.807, 2.05) is 0 Å². The van der Waals surface area contributed by atoms with Crippen molar-refractivity contribution in [2.75, 3.05) is 19.7 Å². The van der Waals surface area contributed by atoms with E-state index in [0.29, 0.717) is 12.5 Å². The molecule has 0 bridgehead atoms. The molecule has 4 nitrogen and oxygen atoms in total. The zero-order valence-electron chi connectivity index (χ0n) is 8.50. The van der Waals surface area contributed by atoms with Gasteiger partial charge < -0.3 is 15.2 Å². The van der Waals surface area contributed by atoms with Gasteiger partial charge >= 0.3 is 5.97 Å². The molecule has 1 saturated heterocycles. The second-order valence-electron chi connectivity index (χ2n) is 3.71. The zero-order chi connectivity index (χ0) is 10.2. The van der Waals surface area contributed by atoms with Gasteiger partial charge in [0.2, 0.25) is 0 Å². The lowest BCUT2D eigenvalue weighted by Gasteiger charge is -2.27. The van der Waals surface area contributed by atoms with Crippen LogP contribution in [-0.4, -0.2) is 36.9 Å². The molecular weight excluding hydrogens is 182 g/mol. The SMILES string of the molecule is O=C(O)CCCCCCOC1CNC1. The van der Waals surface area contributed by atoms with Crippen LogP contribution in [0.2, 0.25) is 0 Å². The van der Waals surface area contributed by atoms with Crippen LogP contribution in [0.1, 0.15) is 32.1 Å². The van der Waals surface area contributed by atoms with Crippen molar-refractivity contribution in [3.05, 3.63) is 0 Å². The van der Waals surface area contributed by atoms with Crippen molar-refractivity contribution < 1.29 is 14.6 Å².